The molecular weight excluding hydrogens is 446 g/mol. The van der Waals surface area contributed by atoms with Crippen molar-refractivity contribution in [1.29, 1.82) is 0 Å². The van der Waals surface area contributed by atoms with Crippen molar-refractivity contribution >= 4 is 46.1 Å². The number of allylic oxidation sites excluding steroid dienone is 1. The molecule has 164 valence electrons. The van der Waals surface area contributed by atoms with Gasteiger partial charge in [-0.25, -0.2) is 4.98 Å². The summed E-state index contributed by atoms with van der Waals surface area (Å²) >= 11 is 7.17. The fourth-order valence-electron chi connectivity index (χ4n) is 3.72. The molecule has 3 aromatic rings. The van der Waals surface area contributed by atoms with E-state index < -0.39 is 5.25 Å². The number of nitrogens with zero attached hydrogens (tertiary/aromatic N) is 3. The molecule has 2 heterocycles. The second-order valence-corrected chi connectivity index (χ2v) is 9.13. The van der Waals surface area contributed by atoms with Crippen LogP contribution >= 0.6 is 23.4 Å². The van der Waals surface area contributed by atoms with Gasteiger partial charge in [0, 0.05) is 23.7 Å². The highest BCUT2D eigenvalue weighted by atomic mass is 35.5. The van der Waals surface area contributed by atoms with E-state index in [2.05, 4.69) is 11.6 Å². The third-order valence-corrected chi connectivity index (χ3v) is 6.86. The van der Waals surface area contributed by atoms with Crippen LogP contribution in [0.3, 0.4) is 0 Å². The van der Waals surface area contributed by atoms with Crippen LogP contribution in [-0.2, 0) is 11.3 Å². The summed E-state index contributed by atoms with van der Waals surface area (Å²) in [7, 11) is 0. The van der Waals surface area contributed by atoms with E-state index >= 15 is 0 Å². The molecule has 1 aliphatic heterocycles. The molecule has 1 aliphatic rings. The molecule has 0 N–H and O–H groups in total. The molecule has 4 rings (SSSR count). The van der Waals surface area contributed by atoms with E-state index in [0.29, 0.717) is 39.6 Å². The highest BCUT2D eigenvalue weighted by Gasteiger charge is 2.33. The van der Waals surface area contributed by atoms with Gasteiger partial charge in [-0.2, -0.15) is 0 Å². The highest BCUT2D eigenvalue weighted by Crippen LogP contribution is 2.30. The van der Waals surface area contributed by atoms with E-state index in [1.165, 1.54) is 21.2 Å². The van der Waals surface area contributed by atoms with Crippen LogP contribution in [-0.4, -0.2) is 38.1 Å². The van der Waals surface area contributed by atoms with Crippen molar-refractivity contribution in [3.63, 3.8) is 0 Å². The number of benzene rings is 2. The average Bonchev–Trinajstić information content (AvgIpc) is 2.98. The molecule has 0 unspecified atom stereocenters. The fourth-order valence-corrected chi connectivity index (χ4v) is 5.05. The molecule has 6 nitrogen and oxygen atoms in total. The van der Waals surface area contributed by atoms with Crippen molar-refractivity contribution < 1.29 is 9.59 Å². The van der Waals surface area contributed by atoms with E-state index in [1.54, 1.807) is 48.5 Å². The molecule has 1 saturated heterocycles. The predicted octanol–water partition coefficient (Wildman–Crippen LogP) is 4.55. The quantitative estimate of drug-likeness (QED) is 0.312. The number of amides is 2. The number of para-hydroxylation sites is 1. The molecule has 0 bridgehead atoms. The van der Waals surface area contributed by atoms with Crippen molar-refractivity contribution in [2.45, 2.75) is 36.2 Å². The normalized spacial score (nSPS) is 16.7. The van der Waals surface area contributed by atoms with Crippen LogP contribution in [0.5, 0.6) is 0 Å². The van der Waals surface area contributed by atoms with Gasteiger partial charge in [-0.3, -0.25) is 23.9 Å². The number of rotatable bonds is 5. The van der Waals surface area contributed by atoms with Crippen molar-refractivity contribution in [2.75, 3.05) is 6.54 Å². The van der Waals surface area contributed by atoms with E-state index in [-0.39, 0.29) is 23.9 Å². The Hall–Kier alpha value is -2.90. The molecule has 0 spiro atoms. The number of hydrogen-bond acceptors (Lipinski definition) is 5. The summed E-state index contributed by atoms with van der Waals surface area (Å²) < 4.78 is 1.53. The van der Waals surface area contributed by atoms with Gasteiger partial charge in [-0.15, -0.1) is 6.58 Å². The molecule has 0 saturated carbocycles. The first-order valence-electron chi connectivity index (χ1n) is 10.4. The van der Waals surface area contributed by atoms with Crippen molar-refractivity contribution in [3.8, 4) is 0 Å². The lowest BCUT2D eigenvalue weighted by atomic mass is 10.2. The number of fused-ring (bicyclic) bond motifs is 1. The molecule has 0 aliphatic carbocycles. The van der Waals surface area contributed by atoms with E-state index in [0.717, 1.165) is 12.8 Å². The number of carbonyl (C=O) groups excluding carboxylic acids is 2. The third-order valence-electron chi connectivity index (χ3n) is 5.36. The lowest BCUT2D eigenvalue weighted by molar-refractivity contribution is -0.127. The number of hydrogen-bond donors (Lipinski definition) is 0. The van der Waals surface area contributed by atoms with Gasteiger partial charge in [0.15, 0.2) is 5.16 Å². The highest BCUT2D eigenvalue weighted by molar-refractivity contribution is 8.00. The standard InChI is InChI=1S/C24H22ClN3O3S/c1-2-14-28-22(30)18-7-3-4-8-19(18)26-24(28)32-20-9-5-6-15-27(23(20)31)21(29)16-10-12-17(25)13-11-16/h2-4,7-8,10-13,20H,1,5-6,9,14-15H2/t20-/m0/s1. The molecule has 1 fully saturated rings. The van der Waals surface area contributed by atoms with Gasteiger partial charge in [-0.1, -0.05) is 48.0 Å². The Morgan fingerprint density at radius 3 is 2.66 bits per heavy atom. The Balaban J connectivity index is 1.67. The van der Waals surface area contributed by atoms with Crippen LogP contribution in [0.2, 0.25) is 5.02 Å². The first-order chi connectivity index (χ1) is 15.5. The molecule has 32 heavy (non-hydrogen) atoms. The minimum Gasteiger partial charge on any atom is -0.283 e. The Morgan fingerprint density at radius 1 is 1.16 bits per heavy atom. The van der Waals surface area contributed by atoms with Gasteiger partial charge in [0.05, 0.1) is 16.2 Å². The number of imide groups is 1. The summed E-state index contributed by atoms with van der Waals surface area (Å²) in [6.45, 7) is 4.39. The zero-order valence-corrected chi connectivity index (χ0v) is 18.9. The minimum absolute atomic E-state index is 0.173. The number of likely N-dealkylation sites (tertiary alicyclic amines) is 1. The topological polar surface area (TPSA) is 72.3 Å². The third kappa shape index (κ3) is 4.49. The first-order valence-corrected chi connectivity index (χ1v) is 11.6. The minimum atomic E-state index is -0.516. The van der Waals surface area contributed by atoms with Crippen molar-refractivity contribution in [3.05, 3.63) is 82.1 Å². The van der Waals surface area contributed by atoms with Crippen LogP contribution < -0.4 is 5.56 Å². The number of carbonyl (C=O) groups is 2. The van der Waals surface area contributed by atoms with E-state index in [4.69, 9.17) is 11.6 Å². The van der Waals surface area contributed by atoms with Gasteiger partial charge in [0.25, 0.3) is 11.5 Å². The predicted molar refractivity (Wildman–Crippen MR) is 127 cm³/mol. The summed E-state index contributed by atoms with van der Waals surface area (Å²) in [4.78, 5) is 45.4. The number of thioether (sulfide) groups is 1. The molecular formula is C24H22ClN3O3S. The summed E-state index contributed by atoms with van der Waals surface area (Å²) in [6.07, 6.45) is 3.76. The Labute approximate surface area is 194 Å². The van der Waals surface area contributed by atoms with Gasteiger partial charge >= 0.3 is 0 Å². The SMILES string of the molecule is C=CCn1c(S[C@H]2CCCCN(C(=O)c3ccc(Cl)cc3)C2=O)nc2ccccc2c1=O. The lowest BCUT2D eigenvalue weighted by Crippen LogP contribution is -2.41. The van der Waals surface area contributed by atoms with Crippen LogP contribution in [0.15, 0.2) is 71.1 Å². The van der Waals surface area contributed by atoms with Crippen molar-refractivity contribution in [2.24, 2.45) is 0 Å². The molecule has 0 radical (unpaired) electrons. The summed E-state index contributed by atoms with van der Waals surface area (Å²) in [5, 5.41) is 0.982. The van der Waals surface area contributed by atoms with Gasteiger partial charge < -0.3 is 0 Å². The Kier molecular flexibility index (Phi) is 6.77. The summed E-state index contributed by atoms with van der Waals surface area (Å²) in [5.74, 6) is -0.603. The van der Waals surface area contributed by atoms with Gasteiger partial charge in [0.1, 0.15) is 0 Å². The Morgan fingerprint density at radius 2 is 1.91 bits per heavy atom. The summed E-state index contributed by atoms with van der Waals surface area (Å²) in [5.41, 5.74) is 0.824. The zero-order valence-electron chi connectivity index (χ0n) is 17.4. The second-order valence-electron chi connectivity index (χ2n) is 7.52. The van der Waals surface area contributed by atoms with Crippen LogP contribution in [0, 0.1) is 0 Å². The fraction of sp³-hybridized carbons (Fsp3) is 0.250. The molecule has 1 aromatic heterocycles. The summed E-state index contributed by atoms with van der Waals surface area (Å²) in [6, 6.07) is 13.7. The first kappa shape index (κ1) is 22.3. The monoisotopic (exact) mass is 467 g/mol. The lowest BCUT2D eigenvalue weighted by Gasteiger charge is -2.23. The van der Waals surface area contributed by atoms with Crippen LogP contribution in [0.4, 0.5) is 0 Å². The smallest absolute Gasteiger partial charge is 0.262 e. The Bertz CT molecular complexity index is 1240. The van der Waals surface area contributed by atoms with E-state index in [9.17, 15) is 14.4 Å². The zero-order chi connectivity index (χ0) is 22.7. The maximum Gasteiger partial charge on any atom is 0.262 e. The van der Waals surface area contributed by atoms with Gasteiger partial charge in [-0.05, 0) is 49.2 Å². The largest absolute Gasteiger partial charge is 0.283 e. The second kappa shape index (κ2) is 9.71. The molecule has 2 aromatic carbocycles. The van der Waals surface area contributed by atoms with Crippen LogP contribution in [0.1, 0.15) is 29.6 Å². The molecule has 2 amide bonds. The maximum atomic E-state index is 13.4. The van der Waals surface area contributed by atoms with Gasteiger partial charge in [0.2, 0.25) is 5.91 Å². The van der Waals surface area contributed by atoms with Crippen LogP contribution in [0.25, 0.3) is 10.9 Å². The number of halogens is 1. The molecule has 8 heteroatoms. The maximum absolute atomic E-state index is 13.4. The number of aromatic nitrogens is 2. The average molecular weight is 468 g/mol. The van der Waals surface area contributed by atoms with E-state index in [1.807, 2.05) is 6.07 Å². The molecule has 1 atom stereocenters. The van der Waals surface area contributed by atoms with Crippen molar-refractivity contribution in [1.82, 2.24) is 14.5 Å².